The van der Waals surface area contributed by atoms with Crippen molar-refractivity contribution in [2.24, 2.45) is 0 Å². The summed E-state index contributed by atoms with van der Waals surface area (Å²) in [6.45, 7) is 0.142. The highest BCUT2D eigenvalue weighted by atomic mass is 16.5. The molecule has 7 heteroatoms. The van der Waals surface area contributed by atoms with E-state index in [9.17, 15) is 4.79 Å². The van der Waals surface area contributed by atoms with Crippen molar-refractivity contribution < 1.29 is 13.4 Å². The Kier molecular flexibility index (Phi) is 2.50. The highest BCUT2D eigenvalue weighted by Gasteiger charge is 2.15. The zero-order chi connectivity index (χ0) is 14.2. The molecule has 7 nitrogen and oxygen atoms in total. The second kappa shape index (κ2) is 4.48. The summed E-state index contributed by atoms with van der Waals surface area (Å²) >= 11 is 0. The number of rotatable bonds is 3. The molecule has 0 aliphatic rings. The van der Waals surface area contributed by atoms with E-state index >= 15 is 0 Å². The number of fused-ring (bicyclic) bond motifs is 1. The smallest absolute Gasteiger partial charge is 0.420 e. The summed E-state index contributed by atoms with van der Waals surface area (Å²) in [7, 11) is 0. The van der Waals surface area contributed by atoms with E-state index < -0.39 is 5.76 Å². The maximum absolute atomic E-state index is 11.9. The molecule has 4 aromatic rings. The fourth-order valence-electron chi connectivity index (χ4n) is 2.12. The number of hydrogen-bond donors (Lipinski definition) is 0. The first-order valence-electron chi connectivity index (χ1n) is 6.26. The highest BCUT2D eigenvalue weighted by Crippen LogP contribution is 2.17. The Morgan fingerprint density at radius 2 is 2.05 bits per heavy atom. The summed E-state index contributed by atoms with van der Waals surface area (Å²) in [6.07, 6.45) is 1.53. The van der Waals surface area contributed by atoms with Crippen molar-refractivity contribution in [2.45, 2.75) is 6.54 Å². The fraction of sp³-hybridized carbons (Fsp3) is 0.0714. The van der Waals surface area contributed by atoms with Crippen LogP contribution in [-0.4, -0.2) is 14.7 Å². The van der Waals surface area contributed by atoms with Gasteiger partial charge in [0, 0.05) is 0 Å². The standard InChI is InChI=1S/C14H9N3O4/c18-14-17(9-4-1-2-5-10(9)20-14)8-12-15-13(16-21-12)11-6-3-7-19-11/h1-7H,8H2. The van der Waals surface area contributed by atoms with Gasteiger partial charge in [-0.15, -0.1) is 0 Å². The van der Waals surface area contributed by atoms with E-state index in [1.54, 1.807) is 30.3 Å². The first-order valence-corrected chi connectivity index (χ1v) is 6.26. The SMILES string of the molecule is O=c1oc2ccccc2n1Cc1nc(-c2ccco2)no1. The van der Waals surface area contributed by atoms with Gasteiger partial charge < -0.3 is 13.4 Å². The zero-order valence-corrected chi connectivity index (χ0v) is 10.7. The Morgan fingerprint density at radius 1 is 1.14 bits per heavy atom. The van der Waals surface area contributed by atoms with E-state index in [1.165, 1.54) is 10.8 Å². The van der Waals surface area contributed by atoms with Crippen molar-refractivity contribution in [3.05, 3.63) is 59.1 Å². The monoisotopic (exact) mass is 283 g/mol. The van der Waals surface area contributed by atoms with Crippen molar-refractivity contribution in [3.63, 3.8) is 0 Å². The summed E-state index contributed by atoms with van der Waals surface area (Å²) in [6, 6.07) is 10.6. The third-order valence-corrected chi connectivity index (χ3v) is 3.08. The number of aromatic nitrogens is 3. The topological polar surface area (TPSA) is 87.2 Å². The predicted octanol–water partition coefficient (Wildman–Crippen LogP) is 2.29. The molecule has 0 saturated carbocycles. The Morgan fingerprint density at radius 3 is 2.90 bits per heavy atom. The molecule has 4 rings (SSSR count). The van der Waals surface area contributed by atoms with Crippen LogP contribution in [0.3, 0.4) is 0 Å². The Labute approximate surface area is 117 Å². The maximum atomic E-state index is 11.9. The average Bonchev–Trinajstić information content (AvgIpc) is 3.20. The third-order valence-electron chi connectivity index (χ3n) is 3.08. The molecule has 3 aromatic heterocycles. The summed E-state index contributed by atoms with van der Waals surface area (Å²) in [4.78, 5) is 16.1. The van der Waals surface area contributed by atoms with Gasteiger partial charge in [0.25, 0.3) is 0 Å². The van der Waals surface area contributed by atoms with Gasteiger partial charge in [-0.05, 0) is 24.3 Å². The number of oxazole rings is 1. The molecule has 0 fully saturated rings. The van der Waals surface area contributed by atoms with E-state index in [-0.39, 0.29) is 6.54 Å². The van der Waals surface area contributed by atoms with Crippen LogP contribution in [0, 0.1) is 0 Å². The summed E-state index contributed by atoms with van der Waals surface area (Å²) in [5.74, 6) is 0.689. The summed E-state index contributed by atoms with van der Waals surface area (Å²) in [5.41, 5.74) is 1.20. The molecule has 3 heterocycles. The molecule has 0 saturated heterocycles. The van der Waals surface area contributed by atoms with Crippen LogP contribution in [0.25, 0.3) is 22.7 Å². The first-order chi connectivity index (χ1) is 10.3. The van der Waals surface area contributed by atoms with Crippen molar-refractivity contribution in [2.75, 3.05) is 0 Å². The molecule has 0 N–H and O–H groups in total. The lowest BCUT2D eigenvalue weighted by molar-refractivity contribution is 0.366. The molecular weight excluding hydrogens is 274 g/mol. The van der Waals surface area contributed by atoms with Crippen LogP contribution in [-0.2, 0) is 6.54 Å². The predicted molar refractivity (Wildman–Crippen MR) is 71.6 cm³/mol. The lowest BCUT2D eigenvalue weighted by atomic mass is 10.3. The minimum Gasteiger partial charge on any atom is -0.461 e. The molecule has 0 amide bonds. The number of nitrogens with zero attached hydrogens (tertiary/aromatic N) is 3. The third kappa shape index (κ3) is 1.95. The van der Waals surface area contributed by atoms with E-state index in [1.807, 2.05) is 6.07 Å². The van der Waals surface area contributed by atoms with Crippen molar-refractivity contribution in [1.82, 2.24) is 14.7 Å². The van der Waals surface area contributed by atoms with Gasteiger partial charge in [-0.25, -0.2) is 4.79 Å². The number of hydrogen-bond acceptors (Lipinski definition) is 6. The van der Waals surface area contributed by atoms with Crippen molar-refractivity contribution >= 4 is 11.1 Å². The molecule has 0 bridgehead atoms. The summed E-state index contributed by atoms with van der Waals surface area (Å²) in [5, 5.41) is 3.82. The molecule has 0 atom stereocenters. The average molecular weight is 283 g/mol. The first kappa shape index (κ1) is 11.7. The molecule has 21 heavy (non-hydrogen) atoms. The fourth-order valence-corrected chi connectivity index (χ4v) is 2.12. The van der Waals surface area contributed by atoms with Crippen molar-refractivity contribution in [1.29, 1.82) is 0 Å². The van der Waals surface area contributed by atoms with Crippen LogP contribution in [0.5, 0.6) is 0 Å². The molecule has 0 spiro atoms. The number of benzene rings is 1. The van der Waals surface area contributed by atoms with Crippen LogP contribution in [0.1, 0.15) is 5.89 Å². The van der Waals surface area contributed by atoms with Crippen molar-refractivity contribution in [3.8, 4) is 11.6 Å². The minimum atomic E-state index is -0.464. The lowest BCUT2D eigenvalue weighted by Crippen LogP contribution is -2.15. The Bertz CT molecular complexity index is 946. The van der Waals surface area contributed by atoms with E-state index in [2.05, 4.69) is 10.1 Å². The summed E-state index contributed by atoms with van der Waals surface area (Å²) < 4.78 is 16.9. The second-order valence-electron chi connectivity index (χ2n) is 4.41. The van der Waals surface area contributed by atoms with Crippen LogP contribution in [0.2, 0.25) is 0 Å². The van der Waals surface area contributed by atoms with Gasteiger partial charge in [0.1, 0.15) is 6.54 Å². The molecular formula is C14H9N3O4. The molecule has 0 aliphatic carbocycles. The maximum Gasteiger partial charge on any atom is 0.420 e. The quantitative estimate of drug-likeness (QED) is 0.573. The molecule has 104 valence electrons. The zero-order valence-electron chi connectivity index (χ0n) is 10.7. The van der Waals surface area contributed by atoms with Gasteiger partial charge in [-0.2, -0.15) is 4.98 Å². The highest BCUT2D eigenvalue weighted by molar-refractivity contribution is 5.72. The van der Waals surface area contributed by atoms with Crippen LogP contribution < -0.4 is 5.76 Å². The van der Waals surface area contributed by atoms with Gasteiger partial charge in [0.05, 0.1) is 11.8 Å². The van der Waals surface area contributed by atoms with E-state index in [4.69, 9.17) is 13.4 Å². The van der Waals surface area contributed by atoms with Gasteiger partial charge in [0.2, 0.25) is 11.7 Å². The van der Waals surface area contributed by atoms with Crippen LogP contribution in [0.15, 0.2) is 60.8 Å². The number of furan rings is 1. The van der Waals surface area contributed by atoms with Gasteiger partial charge in [-0.3, -0.25) is 4.57 Å². The van der Waals surface area contributed by atoms with Gasteiger partial charge in [-0.1, -0.05) is 17.3 Å². The van der Waals surface area contributed by atoms with E-state index in [0.717, 1.165) is 0 Å². The largest absolute Gasteiger partial charge is 0.461 e. The lowest BCUT2D eigenvalue weighted by Gasteiger charge is -1.96. The van der Waals surface area contributed by atoms with Gasteiger partial charge >= 0.3 is 5.76 Å². The Balaban J connectivity index is 1.72. The number of para-hydroxylation sites is 2. The normalized spacial score (nSPS) is 11.2. The minimum absolute atomic E-state index is 0.142. The molecule has 0 radical (unpaired) electrons. The molecule has 1 aromatic carbocycles. The Hall–Kier alpha value is -3.09. The van der Waals surface area contributed by atoms with E-state index in [0.29, 0.717) is 28.6 Å². The second-order valence-corrected chi connectivity index (χ2v) is 4.41. The van der Waals surface area contributed by atoms with Gasteiger partial charge in [0.15, 0.2) is 11.3 Å². The van der Waals surface area contributed by atoms with Crippen LogP contribution in [0.4, 0.5) is 0 Å². The van der Waals surface area contributed by atoms with Crippen LogP contribution >= 0.6 is 0 Å². The molecule has 0 aliphatic heterocycles. The molecule has 0 unspecified atom stereocenters.